The molecule has 0 aliphatic rings. The topological polar surface area (TPSA) is 72.0 Å². The molecule has 0 saturated heterocycles. The first kappa shape index (κ1) is 31.4. The van der Waals surface area contributed by atoms with E-state index in [-0.39, 0.29) is 5.75 Å². The number of phenols is 1. The maximum Gasteiger partial charge on any atom is 0.164 e. The molecule has 54 heavy (non-hydrogen) atoms. The summed E-state index contributed by atoms with van der Waals surface area (Å²) in [5.41, 5.74) is 10.0. The second-order valence-corrected chi connectivity index (χ2v) is 13.4. The van der Waals surface area contributed by atoms with Crippen LogP contribution >= 0.6 is 0 Å². The fourth-order valence-corrected chi connectivity index (χ4v) is 7.39. The van der Waals surface area contributed by atoms with E-state index >= 15 is 0 Å². The van der Waals surface area contributed by atoms with Gasteiger partial charge in [0.15, 0.2) is 17.5 Å². The highest BCUT2D eigenvalue weighted by Gasteiger charge is 2.19. The van der Waals surface area contributed by atoms with Gasteiger partial charge in [0.2, 0.25) is 0 Å². The zero-order valence-electron chi connectivity index (χ0n) is 29.0. The summed E-state index contributed by atoms with van der Waals surface area (Å²) in [6, 6.07) is 61.2. The third-order valence-corrected chi connectivity index (χ3v) is 10.1. The minimum atomic E-state index is 0.143. The molecule has 5 heteroatoms. The van der Waals surface area contributed by atoms with Crippen molar-refractivity contribution in [3.05, 3.63) is 182 Å². The molecule has 0 aliphatic heterocycles. The lowest BCUT2D eigenvalue weighted by Crippen LogP contribution is -2.01. The number of furan rings is 1. The van der Waals surface area contributed by atoms with Gasteiger partial charge in [0, 0.05) is 33.0 Å². The highest BCUT2D eigenvalue weighted by molar-refractivity contribution is 6.12. The molecule has 0 bridgehead atoms. The Morgan fingerprint density at radius 2 is 0.944 bits per heavy atom. The maximum absolute atomic E-state index is 11.5. The van der Waals surface area contributed by atoms with Gasteiger partial charge in [-0.25, -0.2) is 15.0 Å². The van der Waals surface area contributed by atoms with Crippen molar-refractivity contribution >= 4 is 32.7 Å². The van der Waals surface area contributed by atoms with E-state index < -0.39 is 0 Å². The van der Waals surface area contributed by atoms with Crippen LogP contribution in [-0.2, 0) is 0 Å². The lowest BCUT2D eigenvalue weighted by Gasteiger charge is -2.14. The summed E-state index contributed by atoms with van der Waals surface area (Å²) >= 11 is 0. The lowest BCUT2D eigenvalue weighted by molar-refractivity contribution is 0.477. The van der Waals surface area contributed by atoms with Crippen LogP contribution in [-0.4, -0.2) is 20.1 Å². The van der Waals surface area contributed by atoms with Crippen LogP contribution in [0, 0.1) is 0 Å². The molecule has 2 heterocycles. The van der Waals surface area contributed by atoms with Crippen LogP contribution in [0.25, 0.3) is 100 Å². The van der Waals surface area contributed by atoms with Crippen molar-refractivity contribution in [2.45, 2.75) is 0 Å². The Balaban J connectivity index is 1.10. The molecule has 8 aromatic carbocycles. The third-order valence-electron chi connectivity index (χ3n) is 10.1. The number of rotatable bonds is 6. The van der Waals surface area contributed by atoms with E-state index in [1.165, 1.54) is 0 Å². The molecule has 5 nitrogen and oxygen atoms in total. The van der Waals surface area contributed by atoms with Crippen molar-refractivity contribution < 1.29 is 9.52 Å². The average molecular weight is 694 g/mol. The Morgan fingerprint density at radius 1 is 0.370 bits per heavy atom. The van der Waals surface area contributed by atoms with E-state index in [2.05, 4.69) is 91.0 Å². The van der Waals surface area contributed by atoms with Crippen LogP contribution in [0.4, 0.5) is 0 Å². The summed E-state index contributed by atoms with van der Waals surface area (Å²) in [6.07, 6.45) is 0. The van der Waals surface area contributed by atoms with Crippen molar-refractivity contribution in [2.24, 2.45) is 0 Å². The number of benzene rings is 8. The van der Waals surface area contributed by atoms with Gasteiger partial charge in [-0.3, -0.25) is 0 Å². The summed E-state index contributed by atoms with van der Waals surface area (Å²) in [4.78, 5) is 15.2. The van der Waals surface area contributed by atoms with E-state index in [1.54, 1.807) is 6.07 Å². The molecule has 0 atom stereocenters. The SMILES string of the molecule is Oc1cccc(-c2nc(-c3ccc(-c4ccccc4)cc3)nc(-c3ccc4ccccc4c3)n2)c1-c1ccc(-c2cccc3oc4ccccc4c23)cc1. The van der Waals surface area contributed by atoms with Crippen molar-refractivity contribution in [1.82, 2.24) is 15.0 Å². The van der Waals surface area contributed by atoms with E-state index in [0.717, 1.165) is 71.7 Å². The molecule has 10 rings (SSSR count). The van der Waals surface area contributed by atoms with Crippen molar-refractivity contribution in [1.29, 1.82) is 0 Å². The lowest BCUT2D eigenvalue weighted by atomic mass is 9.94. The molecule has 0 spiro atoms. The highest BCUT2D eigenvalue weighted by atomic mass is 16.3. The Hall–Kier alpha value is -7.37. The van der Waals surface area contributed by atoms with Crippen molar-refractivity contribution in [2.75, 3.05) is 0 Å². The number of fused-ring (bicyclic) bond motifs is 4. The Kier molecular flexibility index (Phi) is 7.55. The third kappa shape index (κ3) is 5.56. The molecule has 0 unspecified atom stereocenters. The van der Waals surface area contributed by atoms with E-state index in [0.29, 0.717) is 28.6 Å². The second kappa shape index (κ2) is 13.0. The Bertz CT molecular complexity index is 2990. The summed E-state index contributed by atoms with van der Waals surface area (Å²) in [7, 11) is 0. The molecule has 0 radical (unpaired) electrons. The minimum Gasteiger partial charge on any atom is -0.507 e. The zero-order chi connectivity index (χ0) is 36.0. The van der Waals surface area contributed by atoms with Gasteiger partial charge in [-0.2, -0.15) is 0 Å². The van der Waals surface area contributed by atoms with Crippen molar-refractivity contribution in [3.8, 4) is 73.3 Å². The molecule has 1 N–H and O–H groups in total. The van der Waals surface area contributed by atoms with Gasteiger partial charge in [0.05, 0.1) is 0 Å². The molecule has 0 fully saturated rings. The predicted molar refractivity (Wildman–Crippen MR) is 219 cm³/mol. The smallest absolute Gasteiger partial charge is 0.164 e. The number of nitrogens with zero attached hydrogens (tertiary/aromatic N) is 3. The first-order valence-corrected chi connectivity index (χ1v) is 17.9. The van der Waals surface area contributed by atoms with Crippen LogP contribution < -0.4 is 0 Å². The fraction of sp³-hybridized carbons (Fsp3) is 0. The van der Waals surface area contributed by atoms with Crippen LogP contribution in [0.3, 0.4) is 0 Å². The quantitative estimate of drug-likeness (QED) is 0.188. The number of aromatic nitrogens is 3. The van der Waals surface area contributed by atoms with Gasteiger partial charge in [-0.15, -0.1) is 0 Å². The molecule has 0 amide bonds. The summed E-state index contributed by atoms with van der Waals surface area (Å²) < 4.78 is 6.17. The molecular weight excluding hydrogens is 663 g/mol. The van der Waals surface area contributed by atoms with Crippen LogP contribution in [0.15, 0.2) is 186 Å². The average Bonchev–Trinajstić information content (AvgIpc) is 3.63. The van der Waals surface area contributed by atoms with Gasteiger partial charge in [0.1, 0.15) is 16.9 Å². The van der Waals surface area contributed by atoms with Crippen LogP contribution in [0.2, 0.25) is 0 Å². The van der Waals surface area contributed by atoms with E-state index in [1.807, 2.05) is 84.9 Å². The second-order valence-electron chi connectivity index (χ2n) is 13.4. The Morgan fingerprint density at radius 3 is 1.78 bits per heavy atom. The minimum absolute atomic E-state index is 0.143. The number of hydrogen-bond donors (Lipinski definition) is 1. The molecule has 10 aromatic rings. The molecule has 2 aromatic heterocycles. The normalized spacial score (nSPS) is 11.4. The number of para-hydroxylation sites is 1. The fourth-order valence-electron chi connectivity index (χ4n) is 7.39. The number of aromatic hydroxyl groups is 1. The first-order valence-electron chi connectivity index (χ1n) is 17.9. The van der Waals surface area contributed by atoms with Crippen molar-refractivity contribution in [3.63, 3.8) is 0 Å². The first-order chi connectivity index (χ1) is 26.7. The standard InChI is InChI=1S/C49H31N3O2/c53-42-17-8-16-41(45(42)35-25-23-34(24-26-35)39-15-9-19-44-46(39)40-14-6-7-18-43(40)54-44)49-51-47(36-27-20-33(21-28-36)31-10-2-1-3-11-31)50-48(52-49)38-29-22-32-12-4-5-13-37(32)30-38/h1-30,53H. The van der Waals surface area contributed by atoms with Gasteiger partial charge in [-0.05, 0) is 62.9 Å². The summed E-state index contributed by atoms with van der Waals surface area (Å²) in [6.45, 7) is 0. The number of phenolic OH excluding ortho intramolecular Hbond substituents is 1. The number of hydrogen-bond acceptors (Lipinski definition) is 5. The van der Waals surface area contributed by atoms with E-state index in [9.17, 15) is 5.11 Å². The Labute approximate surface area is 311 Å². The zero-order valence-corrected chi connectivity index (χ0v) is 29.0. The summed E-state index contributed by atoms with van der Waals surface area (Å²) in [5, 5.41) is 15.9. The maximum atomic E-state index is 11.5. The van der Waals surface area contributed by atoms with Gasteiger partial charge >= 0.3 is 0 Å². The van der Waals surface area contributed by atoms with Gasteiger partial charge in [-0.1, -0.05) is 158 Å². The van der Waals surface area contributed by atoms with Gasteiger partial charge < -0.3 is 9.52 Å². The predicted octanol–water partition coefficient (Wildman–Crippen LogP) is 12.6. The molecule has 0 aliphatic carbocycles. The molecular formula is C49H31N3O2. The molecule has 254 valence electrons. The molecule has 0 saturated carbocycles. The van der Waals surface area contributed by atoms with Crippen LogP contribution in [0.1, 0.15) is 0 Å². The van der Waals surface area contributed by atoms with Crippen LogP contribution in [0.5, 0.6) is 5.75 Å². The van der Waals surface area contributed by atoms with E-state index in [4.69, 9.17) is 19.4 Å². The highest BCUT2D eigenvalue weighted by Crippen LogP contribution is 2.41. The largest absolute Gasteiger partial charge is 0.507 e. The summed E-state index contributed by atoms with van der Waals surface area (Å²) in [5.74, 6) is 1.72. The van der Waals surface area contributed by atoms with Gasteiger partial charge in [0.25, 0.3) is 0 Å². The monoisotopic (exact) mass is 693 g/mol.